The fourth-order valence-electron chi connectivity index (χ4n) is 1.93. The summed E-state index contributed by atoms with van der Waals surface area (Å²) >= 11 is 0.975. The van der Waals surface area contributed by atoms with Gasteiger partial charge in [0.1, 0.15) is 0 Å². The summed E-state index contributed by atoms with van der Waals surface area (Å²) in [7, 11) is 1.64. The molecule has 0 bridgehead atoms. The summed E-state index contributed by atoms with van der Waals surface area (Å²) in [5, 5.41) is 11.6. The number of nitrogens with zero attached hydrogens (tertiary/aromatic N) is 4. The van der Waals surface area contributed by atoms with Gasteiger partial charge in [0.2, 0.25) is 5.82 Å². The van der Waals surface area contributed by atoms with Crippen LogP contribution in [0.1, 0.15) is 5.82 Å². The van der Waals surface area contributed by atoms with E-state index in [0.29, 0.717) is 11.3 Å². The molecule has 114 valence electrons. The van der Waals surface area contributed by atoms with E-state index in [-0.39, 0.29) is 21.5 Å². The van der Waals surface area contributed by atoms with Crippen molar-refractivity contribution in [3.05, 3.63) is 39.7 Å². The monoisotopic (exact) mass is 325 g/mol. The first-order chi connectivity index (χ1) is 10.4. The first-order valence-corrected chi connectivity index (χ1v) is 6.89. The Kier molecular flexibility index (Phi) is 3.32. The molecule has 2 aromatic heterocycles. The standard InChI is InChI=1S/C12H9F2N5O2S/c1-5-15-10(19(20)21)11(18(5)2)22-12-16-8-3-6(13)7(14)4-9(8)17-12/h3-4H,1-2H3,(H,16,17). The number of hydrogen-bond donors (Lipinski definition) is 1. The highest BCUT2D eigenvalue weighted by Crippen LogP contribution is 2.34. The molecule has 0 spiro atoms. The third-order valence-electron chi connectivity index (χ3n) is 3.12. The van der Waals surface area contributed by atoms with Gasteiger partial charge in [-0.3, -0.25) is 4.57 Å². The lowest BCUT2D eigenvalue weighted by molar-refractivity contribution is -0.392. The Labute approximate surface area is 126 Å². The fourth-order valence-corrected chi connectivity index (χ4v) is 2.90. The molecule has 0 aliphatic carbocycles. The van der Waals surface area contributed by atoms with Crippen LogP contribution >= 0.6 is 11.8 Å². The molecular weight excluding hydrogens is 316 g/mol. The topological polar surface area (TPSA) is 89.6 Å². The van der Waals surface area contributed by atoms with Crippen LogP contribution < -0.4 is 0 Å². The zero-order chi connectivity index (χ0) is 16.0. The highest BCUT2D eigenvalue weighted by molar-refractivity contribution is 7.99. The van der Waals surface area contributed by atoms with Gasteiger partial charge >= 0.3 is 5.82 Å². The molecule has 0 aliphatic heterocycles. The van der Waals surface area contributed by atoms with Crippen LogP contribution in [0, 0.1) is 28.7 Å². The first-order valence-electron chi connectivity index (χ1n) is 6.07. The molecule has 1 N–H and O–H groups in total. The zero-order valence-electron chi connectivity index (χ0n) is 11.4. The Morgan fingerprint density at radius 3 is 2.68 bits per heavy atom. The molecule has 1 aromatic carbocycles. The Bertz CT molecular complexity index is 866. The van der Waals surface area contributed by atoms with Gasteiger partial charge in [0.25, 0.3) is 0 Å². The number of hydrogen-bond acceptors (Lipinski definition) is 5. The zero-order valence-corrected chi connectivity index (χ0v) is 12.2. The van der Waals surface area contributed by atoms with Gasteiger partial charge in [-0.05, 0) is 21.7 Å². The van der Waals surface area contributed by atoms with Crippen molar-refractivity contribution in [1.29, 1.82) is 0 Å². The molecule has 22 heavy (non-hydrogen) atoms. The van der Waals surface area contributed by atoms with Crippen molar-refractivity contribution in [2.45, 2.75) is 17.1 Å². The molecule has 0 atom stereocenters. The van der Waals surface area contributed by atoms with Gasteiger partial charge in [-0.15, -0.1) is 0 Å². The van der Waals surface area contributed by atoms with Gasteiger partial charge in [-0.2, -0.15) is 0 Å². The maximum absolute atomic E-state index is 13.2. The molecule has 0 amide bonds. The molecule has 0 saturated carbocycles. The van der Waals surface area contributed by atoms with E-state index in [9.17, 15) is 18.9 Å². The van der Waals surface area contributed by atoms with E-state index in [1.165, 1.54) is 0 Å². The number of H-pyrrole nitrogens is 1. The number of aryl methyl sites for hydroxylation is 1. The second-order valence-corrected chi connectivity index (χ2v) is 5.51. The third-order valence-corrected chi connectivity index (χ3v) is 4.15. The second kappa shape index (κ2) is 5.05. The number of benzene rings is 1. The number of aromatic amines is 1. The summed E-state index contributed by atoms with van der Waals surface area (Å²) in [5.74, 6) is -1.81. The smallest absolute Gasteiger partial charge is 0.358 e. The minimum absolute atomic E-state index is 0.239. The van der Waals surface area contributed by atoms with Crippen LogP contribution in [0.3, 0.4) is 0 Å². The lowest BCUT2D eigenvalue weighted by Gasteiger charge is -1.99. The molecule has 0 fully saturated rings. The summed E-state index contributed by atoms with van der Waals surface area (Å²) in [5.41, 5.74) is 0.547. The number of aromatic nitrogens is 4. The average Bonchev–Trinajstić information content (AvgIpc) is 2.95. The Morgan fingerprint density at radius 1 is 1.32 bits per heavy atom. The predicted molar refractivity (Wildman–Crippen MR) is 74.7 cm³/mol. The first kappa shape index (κ1) is 14.4. The highest BCUT2D eigenvalue weighted by atomic mass is 32.2. The number of rotatable bonds is 3. The summed E-state index contributed by atoms with van der Waals surface area (Å²) < 4.78 is 27.9. The molecule has 0 saturated heterocycles. The molecule has 10 heteroatoms. The van der Waals surface area contributed by atoms with E-state index in [1.54, 1.807) is 18.5 Å². The Hall–Kier alpha value is -2.49. The van der Waals surface area contributed by atoms with Gasteiger partial charge < -0.3 is 15.1 Å². The van der Waals surface area contributed by atoms with E-state index >= 15 is 0 Å². The number of nitrogens with one attached hydrogen (secondary N) is 1. The maximum atomic E-state index is 13.2. The van der Waals surface area contributed by atoms with Gasteiger partial charge in [0, 0.05) is 26.1 Å². The molecule has 0 aliphatic rings. The van der Waals surface area contributed by atoms with Gasteiger partial charge in [0.05, 0.1) is 11.0 Å². The summed E-state index contributed by atoms with van der Waals surface area (Å²) in [4.78, 5) is 21.2. The molecule has 3 rings (SSSR count). The van der Waals surface area contributed by atoms with E-state index in [2.05, 4.69) is 15.0 Å². The van der Waals surface area contributed by atoms with Gasteiger partial charge in [-0.1, -0.05) is 0 Å². The number of fused-ring (bicyclic) bond motifs is 1. The lowest BCUT2D eigenvalue weighted by atomic mass is 10.3. The van der Waals surface area contributed by atoms with Crippen molar-refractivity contribution in [2.24, 2.45) is 7.05 Å². The quantitative estimate of drug-likeness (QED) is 0.590. The van der Waals surface area contributed by atoms with Crippen LogP contribution in [0.5, 0.6) is 0 Å². The van der Waals surface area contributed by atoms with Crippen molar-refractivity contribution in [3.63, 3.8) is 0 Å². The molecule has 2 heterocycles. The van der Waals surface area contributed by atoms with E-state index in [4.69, 9.17) is 0 Å². The number of imidazole rings is 2. The van der Waals surface area contributed by atoms with Crippen LogP contribution in [0.15, 0.2) is 22.3 Å². The normalized spacial score (nSPS) is 11.3. The second-order valence-electron chi connectivity index (χ2n) is 4.53. The van der Waals surface area contributed by atoms with Crippen LogP contribution in [-0.4, -0.2) is 24.4 Å². The minimum Gasteiger partial charge on any atom is -0.358 e. The SMILES string of the molecule is Cc1nc([N+](=O)[O-])c(Sc2nc3cc(F)c(F)cc3[nH]2)n1C. The van der Waals surface area contributed by atoms with Crippen LogP contribution in [-0.2, 0) is 7.05 Å². The van der Waals surface area contributed by atoms with Gasteiger partial charge in [-0.25, -0.2) is 13.8 Å². The van der Waals surface area contributed by atoms with E-state index in [0.717, 1.165) is 23.9 Å². The molecule has 7 nitrogen and oxygen atoms in total. The number of halogens is 2. The van der Waals surface area contributed by atoms with Crippen LogP contribution in [0.25, 0.3) is 11.0 Å². The van der Waals surface area contributed by atoms with Crippen LogP contribution in [0.2, 0.25) is 0 Å². The van der Waals surface area contributed by atoms with E-state index in [1.807, 2.05) is 0 Å². The van der Waals surface area contributed by atoms with Crippen molar-refractivity contribution in [2.75, 3.05) is 0 Å². The average molecular weight is 325 g/mol. The Balaban J connectivity index is 2.05. The highest BCUT2D eigenvalue weighted by Gasteiger charge is 2.25. The molecule has 3 aromatic rings. The molecular formula is C12H9F2N5O2S. The Morgan fingerprint density at radius 2 is 2.00 bits per heavy atom. The van der Waals surface area contributed by atoms with Crippen LogP contribution in [0.4, 0.5) is 14.6 Å². The minimum atomic E-state index is -1.00. The summed E-state index contributed by atoms with van der Waals surface area (Å²) in [6.07, 6.45) is 0. The summed E-state index contributed by atoms with van der Waals surface area (Å²) in [6.45, 7) is 1.64. The maximum Gasteiger partial charge on any atom is 0.396 e. The van der Waals surface area contributed by atoms with Gasteiger partial charge in [0.15, 0.2) is 21.8 Å². The lowest BCUT2D eigenvalue weighted by Crippen LogP contribution is -1.95. The summed E-state index contributed by atoms with van der Waals surface area (Å²) in [6, 6.07) is 1.96. The predicted octanol–water partition coefficient (Wildman–Crippen LogP) is 2.94. The van der Waals surface area contributed by atoms with E-state index < -0.39 is 16.6 Å². The fraction of sp³-hybridized carbons (Fsp3) is 0.167. The van der Waals surface area contributed by atoms with Crippen molar-refractivity contribution < 1.29 is 13.7 Å². The largest absolute Gasteiger partial charge is 0.396 e. The number of nitro groups is 1. The molecule has 0 radical (unpaired) electrons. The third kappa shape index (κ3) is 2.30. The van der Waals surface area contributed by atoms with Crippen molar-refractivity contribution >= 4 is 28.6 Å². The molecule has 0 unspecified atom stereocenters. The van der Waals surface area contributed by atoms with Crippen molar-refractivity contribution in [3.8, 4) is 0 Å². The van der Waals surface area contributed by atoms with Crippen molar-refractivity contribution in [1.82, 2.24) is 19.5 Å².